The second-order valence-electron chi connectivity index (χ2n) is 1.70. The van der Waals surface area contributed by atoms with E-state index < -0.39 is 0 Å². The van der Waals surface area contributed by atoms with Gasteiger partial charge in [0.05, 0.1) is 0 Å². The molecular formula is C8H7. The summed E-state index contributed by atoms with van der Waals surface area (Å²) in [4.78, 5) is 0. The minimum absolute atomic E-state index is 1.21. The normalized spacial score (nSPS) is 15.9. The van der Waals surface area contributed by atoms with Crippen LogP contribution in [0.2, 0.25) is 0 Å². The minimum Gasteiger partial charge on any atom is -0.112 e. The first-order valence-corrected chi connectivity index (χ1v) is 2.57. The number of hydrogen-bond acceptors (Lipinski definition) is 0. The SMILES string of the molecule is CC1=C[C]=C=CC=C1. The van der Waals surface area contributed by atoms with Crippen molar-refractivity contribution in [3.63, 3.8) is 0 Å². The van der Waals surface area contributed by atoms with Crippen molar-refractivity contribution >= 4 is 0 Å². The summed E-state index contributed by atoms with van der Waals surface area (Å²) in [5.41, 5.74) is 4.05. The largest absolute Gasteiger partial charge is 0.112 e. The fourth-order valence-electron chi connectivity index (χ4n) is 0.500. The molecular weight excluding hydrogens is 96.1 g/mol. The Bertz CT molecular complexity index is 186. The lowest BCUT2D eigenvalue weighted by Gasteiger charge is -1.80. The predicted octanol–water partition coefficient (Wildman–Crippen LogP) is 2.02. The smallest absolute Gasteiger partial charge is 0.0317 e. The molecule has 1 aliphatic carbocycles. The van der Waals surface area contributed by atoms with Crippen LogP contribution < -0.4 is 0 Å². The van der Waals surface area contributed by atoms with Gasteiger partial charge in [-0.15, -0.1) is 5.73 Å². The Morgan fingerprint density at radius 2 is 2.38 bits per heavy atom. The molecule has 0 saturated carbocycles. The zero-order chi connectivity index (χ0) is 5.82. The van der Waals surface area contributed by atoms with E-state index in [0.717, 1.165) is 0 Å². The van der Waals surface area contributed by atoms with E-state index in [4.69, 9.17) is 0 Å². The van der Waals surface area contributed by atoms with Crippen molar-refractivity contribution in [2.75, 3.05) is 0 Å². The molecule has 0 amide bonds. The van der Waals surface area contributed by atoms with Crippen molar-refractivity contribution in [3.8, 4) is 0 Å². The molecule has 1 aliphatic rings. The Hall–Kier alpha value is -1.00. The van der Waals surface area contributed by atoms with Crippen molar-refractivity contribution in [1.29, 1.82) is 0 Å². The van der Waals surface area contributed by atoms with Crippen molar-refractivity contribution < 1.29 is 0 Å². The van der Waals surface area contributed by atoms with E-state index in [1.165, 1.54) is 5.57 Å². The standard InChI is InChI=1S/C8H7/c1-8-6-4-2-3-5-7-8/h2,4,6-7H,1H3. The van der Waals surface area contributed by atoms with Gasteiger partial charge in [-0.2, -0.15) is 0 Å². The average Bonchev–Trinajstić information content (AvgIpc) is 1.94. The van der Waals surface area contributed by atoms with E-state index >= 15 is 0 Å². The van der Waals surface area contributed by atoms with Gasteiger partial charge in [0.2, 0.25) is 0 Å². The summed E-state index contributed by atoms with van der Waals surface area (Å²) in [5.74, 6) is 0. The number of allylic oxidation sites excluding steroid dienone is 5. The van der Waals surface area contributed by atoms with E-state index in [0.29, 0.717) is 0 Å². The molecule has 0 aromatic rings. The molecule has 0 N–H and O–H groups in total. The first-order valence-electron chi connectivity index (χ1n) is 2.57. The maximum atomic E-state index is 2.87. The molecule has 0 heteroatoms. The van der Waals surface area contributed by atoms with Crippen LogP contribution in [0, 0.1) is 6.08 Å². The summed E-state index contributed by atoms with van der Waals surface area (Å²) in [6.45, 7) is 2.03. The van der Waals surface area contributed by atoms with Crippen molar-refractivity contribution in [1.82, 2.24) is 0 Å². The van der Waals surface area contributed by atoms with Crippen molar-refractivity contribution in [2.24, 2.45) is 0 Å². The summed E-state index contributed by atoms with van der Waals surface area (Å²) in [6, 6.07) is 0. The molecule has 0 aromatic carbocycles. The van der Waals surface area contributed by atoms with Gasteiger partial charge in [-0.05, 0) is 24.6 Å². The molecule has 0 fully saturated rings. The number of rotatable bonds is 0. The van der Waals surface area contributed by atoms with Gasteiger partial charge in [-0.1, -0.05) is 12.2 Å². The van der Waals surface area contributed by atoms with E-state index in [2.05, 4.69) is 11.8 Å². The molecule has 0 saturated heterocycles. The molecule has 0 unspecified atom stereocenters. The zero-order valence-electron chi connectivity index (χ0n) is 4.81. The van der Waals surface area contributed by atoms with Gasteiger partial charge in [0.1, 0.15) is 0 Å². The summed E-state index contributed by atoms with van der Waals surface area (Å²) >= 11 is 0. The molecule has 0 spiro atoms. The second-order valence-corrected chi connectivity index (χ2v) is 1.70. The lowest BCUT2D eigenvalue weighted by Crippen LogP contribution is -1.60. The Kier molecular flexibility index (Phi) is 1.51. The Labute approximate surface area is 49.5 Å². The molecule has 8 heavy (non-hydrogen) atoms. The van der Waals surface area contributed by atoms with Gasteiger partial charge in [0.15, 0.2) is 0 Å². The van der Waals surface area contributed by atoms with Crippen molar-refractivity contribution in [2.45, 2.75) is 6.92 Å². The molecule has 0 aliphatic heterocycles. The van der Waals surface area contributed by atoms with Crippen LogP contribution in [-0.2, 0) is 0 Å². The Morgan fingerprint density at radius 3 is 3.25 bits per heavy atom. The molecule has 0 heterocycles. The van der Waals surface area contributed by atoms with Gasteiger partial charge in [-0.3, -0.25) is 0 Å². The summed E-state index contributed by atoms with van der Waals surface area (Å²) in [5, 5.41) is 0. The summed E-state index contributed by atoms with van der Waals surface area (Å²) in [7, 11) is 0. The quantitative estimate of drug-likeness (QED) is 0.411. The molecule has 39 valence electrons. The van der Waals surface area contributed by atoms with Gasteiger partial charge in [-0.25, -0.2) is 0 Å². The minimum atomic E-state index is 1.21. The molecule has 0 atom stereocenters. The van der Waals surface area contributed by atoms with Crippen LogP contribution >= 0.6 is 0 Å². The van der Waals surface area contributed by atoms with E-state index in [9.17, 15) is 0 Å². The van der Waals surface area contributed by atoms with Crippen molar-refractivity contribution in [3.05, 3.63) is 41.7 Å². The lowest BCUT2D eigenvalue weighted by molar-refractivity contribution is 1.52. The topological polar surface area (TPSA) is 0 Å². The maximum Gasteiger partial charge on any atom is 0.0317 e. The highest BCUT2D eigenvalue weighted by atomic mass is 13.8. The lowest BCUT2D eigenvalue weighted by atomic mass is 10.3. The third-order valence-corrected chi connectivity index (χ3v) is 0.922. The van der Waals surface area contributed by atoms with E-state index in [-0.39, 0.29) is 0 Å². The van der Waals surface area contributed by atoms with E-state index in [1.54, 1.807) is 0 Å². The first kappa shape index (κ1) is 5.14. The molecule has 0 aromatic heterocycles. The molecule has 1 radical (unpaired) electrons. The summed E-state index contributed by atoms with van der Waals surface area (Å²) < 4.78 is 0. The average molecular weight is 103 g/mol. The fourth-order valence-corrected chi connectivity index (χ4v) is 0.500. The van der Waals surface area contributed by atoms with Crippen LogP contribution in [0.25, 0.3) is 0 Å². The van der Waals surface area contributed by atoms with Crippen LogP contribution in [0.3, 0.4) is 0 Å². The second kappa shape index (κ2) is 2.34. The first-order chi connectivity index (χ1) is 3.89. The third-order valence-electron chi connectivity index (χ3n) is 0.922. The maximum absolute atomic E-state index is 2.87. The van der Waals surface area contributed by atoms with E-state index in [1.807, 2.05) is 31.2 Å². The van der Waals surface area contributed by atoms with Crippen LogP contribution in [-0.4, -0.2) is 0 Å². The Morgan fingerprint density at radius 1 is 1.50 bits per heavy atom. The highest BCUT2D eigenvalue weighted by Gasteiger charge is 1.77. The van der Waals surface area contributed by atoms with Gasteiger partial charge in [0.25, 0.3) is 0 Å². The molecule has 0 bridgehead atoms. The number of hydrogen-bond donors (Lipinski definition) is 0. The Balaban J connectivity index is 2.90. The molecule has 0 nitrogen and oxygen atoms in total. The third kappa shape index (κ3) is 1.25. The monoisotopic (exact) mass is 103 g/mol. The van der Waals surface area contributed by atoms with Gasteiger partial charge >= 0.3 is 0 Å². The van der Waals surface area contributed by atoms with Gasteiger partial charge < -0.3 is 0 Å². The van der Waals surface area contributed by atoms with Crippen LogP contribution in [0.15, 0.2) is 35.6 Å². The van der Waals surface area contributed by atoms with Crippen LogP contribution in [0.1, 0.15) is 6.92 Å². The summed E-state index contributed by atoms with van der Waals surface area (Å²) in [6.07, 6.45) is 10.6. The predicted molar refractivity (Wildman–Crippen MR) is 34.2 cm³/mol. The van der Waals surface area contributed by atoms with Crippen LogP contribution in [0.5, 0.6) is 0 Å². The fraction of sp³-hybridized carbons (Fsp3) is 0.125. The highest BCUT2D eigenvalue weighted by Crippen LogP contribution is 1.96. The zero-order valence-corrected chi connectivity index (χ0v) is 4.81. The highest BCUT2D eigenvalue weighted by molar-refractivity contribution is 5.24. The molecule has 1 rings (SSSR count). The van der Waals surface area contributed by atoms with Gasteiger partial charge in [0, 0.05) is 6.08 Å². The van der Waals surface area contributed by atoms with Crippen LogP contribution in [0.4, 0.5) is 0 Å².